The zero-order valence-corrected chi connectivity index (χ0v) is 11.0. The van der Waals surface area contributed by atoms with Crippen LogP contribution in [0.5, 0.6) is 0 Å². The van der Waals surface area contributed by atoms with Crippen LogP contribution in [0.15, 0.2) is 0 Å². The molecular formula is C13H23NO3. The molecule has 4 heteroatoms. The summed E-state index contributed by atoms with van der Waals surface area (Å²) >= 11 is 0. The van der Waals surface area contributed by atoms with Crippen molar-refractivity contribution in [2.75, 3.05) is 13.1 Å². The molecule has 0 aromatic carbocycles. The molecule has 0 saturated carbocycles. The number of carboxylic acids is 1. The fourth-order valence-electron chi connectivity index (χ4n) is 2.19. The summed E-state index contributed by atoms with van der Waals surface area (Å²) in [5.41, 5.74) is 0.0240. The summed E-state index contributed by atoms with van der Waals surface area (Å²) in [6.45, 7) is 7.70. The molecule has 1 unspecified atom stereocenters. The van der Waals surface area contributed by atoms with Gasteiger partial charge >= 0.3 is 5.97 Å². The van der Waals surface area contributed by atoms with Gasteiger partial charge in [0, 0.05) is 25.9 Å². The monoisotopic (exact) mass is 241 g/mol. The lowest BCUT2D eigenvalue weighted by molar-refractivity contribution is -0.137. The highest BCUT2D eigenvalue weighted by molar-refractivity contribution is 5.77. The molecule has 1 amide bonds. The van der Waals surface area contributed by atoms with E-state index in [2.05, 4.69) is 20.8 Å². The Morgan fingerprint density at radius 3 is 2.53 bits per heavy atom. The summed E-state index contributed by atoms with van der Waals surface area (Å²) < 4.78 is 0. The van der Waals surface area contributed by atoms with Crippen LogP contribution in [0.4, 0.5) is 0 Å². The van der Waals surface area contributed by atoms with Gasteiger partial charge in [-0.3, -0.25) is 9.59 Å². The zero-order chi connectivity index (χ0) is 13.1. The number of nitrogens with zero attached hydrogens (tertiary/aromatic N) is 1. The maximum atomic E-state index is 12.0. The normalized spacial score (nSPS) is 20.6. The lowest BCUT2D eigenvalue weighted by atomic mass is 9.91. The van der Waals surface area contributed by atoms with E-state index in [1.165, 1.54) is 0 Å². The molecule has 0 spiro atoms. The van der Waals surface area contributed by atoms with E-state index >= 15 is 0 Å². The summed E-state index contributed by atoms with van der Waals surface area (Å²) in [5, 5.41) is 8.62. The average molecular weight is 241 g/mol. The van der Waals surface area contributed by atoms with E-state index in [9.17, 15) is 9.59 Å². The van der Waals surface area contributed by atoms with Gasteiger partial charge in [0.2, 0.25) is 5.91 Å². The fraction of sp³-hybridized carbons (Fsp3) is 0.846. The standard InChI is InChI=1S/C13H23NO3/c1-13(2,3)8-11(15)14-7-6-10(9-14)4-5-12(16)17/h10H,4-9H2,1-3H3,(H,16,17). The summed E-state index contributed by atoms with van der Waals surface area (Å²) in [4.78, 5) is 24.3. The maximum absolute atomic E-state index is 12.0. The number of carbonyl (C=O) groups excluding carboxylic acids is 1. The van der Waals surface area contributed by atoms with Gasteiger partial charge in [-0.15, -0.1) is 0 Å². The number of likely N-dealkylation sites (tertiary alicyclic amines) is 1. The van der Waals surface area contributed by atoms with Crippen LogP contribution >= 0.6 is 0 Å². The second-order valence-electron chi connectivity index (χ2n) is 6.16. The van der Waals surface area contributed by atoms with Gasteiger partial charge in [-0.1, -0.05) is 20.8 Å². The molecule has 1 aliphatic heterocycles. The molecule has 1 atom stereocenters. The second kappa shape index (κ2) is 5.52. The van der Waals surface area contributed by atoms with Crippen molar-refractivity contribution in [3.63, 3.8) is 0 Å². The highest BCUT2D eigenvalue weighted by Gasteiger charge is 2.28. The molecule has 17 heavy (non-hydrogen) atoms. The Kier molecular flexibility index (Phi) is 4.54. The number of aliphatic carboxylic acids is 1. The van der Waals surface area contributed by atoms with Crippen LogP contribution in [-0.4, -0.2) is 35.0 Å². The number of carboxylic acid groups (broad SMARTS) is 1. The Labute approximate surface area is 103 Å². The summed E-state index contributed by atoms with van der Waals surface area (Å²) in [6, 6.07) is 0. The minimum atomic E-state index is -0.746. The first-order valence-electron chi connectivity index (χ1n) is 6.27. The smallest absolute Gasteiger partial charge is 0.303 e. The number of hydrogen-bond acceptors (Lipinski definition) is 2. The summed E-state index contributed by atoms with van der Waals surface area (Å²) in [5.74, 6) is -0.171. The second-order valence-corrected chi connectivity index (χ2v) is 6.16. The molecule has 1 fully saturated rings. The molecule has 0 radical (unpaired) electrons. The average Bonchev–Trinajstić information content (AvgIpc) is 2.60. The SMILES string of the molecule is CC(C)(C)CC(=O)N1CCC(CCC(=O)O)C1. The van der Waals surface area contributed by atoms with Crippen LogP contribution in [0.2, 0.25) is 0 Å². The molecule has 0 aromatic heterocycles. The third-order valence-corrected chi connectivity index (χ3v) is 3.09. The van der Waals surface area contributed by atoms with Gasteiger partial charge in [-0.2, -0.15) is 0 Å². The summed E-state index contributed by atoms with van der Waals surface area (Å²) in [7, 11) is 0. The summed E-state index contributed by atoms with van der Waals surface area (Å²) in [6.07, 6.45) is 2.42. The molecule has 0 aliphatic carbocycles. The Bertz CT molecular complexity index is 294. The van der Waals surface area contributed by atoms with Gasteiger partial charge in [0.25, 0.3) is 0 Å². The van der Waals surface area contributed by atoms with Gasteiger partial charge in [0.1, 0.15) is 0 Å². The van der Waals surface area contributed by atoms with Crippen molar-refractivity contribution >= 4 is 11.9 Å². The molecule has 1 aliphatic rings. The van der Waals surface area contributed by atoms with E-state index in [0.29, 0.717) is 18.8 Å². The molecule has 0 bridgehead atoms. The van der Waals surface area contributed by atoms with E-state index in [1.54, 1.807) is 0 Å². The molecule has 1 heterocycles. The first kappa shape index (κ1) is 14.0. The van der Waals surface area contributed by atoms with Crippen molar-refractivity contribution in [2.24, 2.45) is 11.3 Å². The highest BCUT2D eigenvalue weighted by Crippen LogP contribution is 2.25. The molecule has 0 aromatic rings. The largest absolute Gasteiger partial charge is 0.481 e. The lowest BCUT2D eigenvalue weighted by Gasteiger charge is -2.23. The van der Waals surface area contributed by atoms with Crippen LogP contribution < -0.4 is 0 Å². The van der Waals surface area contributed by atoms with E-state index < -0.39 is 5.97 Å². The first-order chi connectivity index (χ1) is 7.78. The van der Waals surface area contributed by atoms with Crippen molar-refractivity contribution in [2.45, 2.75) is 46.5 Å². The zero-order valence-electron chi connectivity index (χ0n) is 11.0. The van der Waals surface area contributed by atoms with Crippen LogP contribution in [0.3, 0.4) is 0 Å². The third-order valence-electron chi connectivity index (χ3n) is 3.09. The van der Waals surface area contributed by atoms with E-state index in [-0.39, 0.29) is 17.7 Å². The van der Waals surface area contributed by atoms with Crippen molar-refractivity contribution in [1.82, 2.24) is 4.90 Å². The minimum absolute atomic E-state index is 0.0240. The van der Waals surface area contributed by atoms with Crippen molar-refractivity contribution in [3.05, 3.63) is 0 Å². The van der Waals surface area contributed by atoms with Crippen molar-refractivity contribution in [3.8, 4) is 0 Å². The van der Waals surface area contributed by atoms with E-state index in [1.807, 2.05) is 4.90 Å². The molecule has 1 rings (SSSR count). The Balaban J connectivity index is 2.34. The van der Waals surface area contributed by atoms with Crippen LogP contribution in [0, 0.1) is 11.3 Å². The highest BCUT2D eigenvalue weighted by atomic mass is 16.4. The molecule has 1 N–H and O–H groups in total. The molecule has 1 saturated heterocycles. The Morgan fingerprint density at radius 2 is 2.00 bits per heavy atom. The van der Waals surface area contributed by atoms with Crippen LogP contribution in [-0.2, 0) is 9.59 Å². The van der Waals surface area contributed by atoms with Gasteiger partial charge in [0.15, 0.2) is 0 Å². The Hall–Kier alpha value is -1.06. The number of rotatable bonds is 4. The number of hydrogen-bond donors (Lipinski definition) is 1. The first-order valence-corrected chi connectivity index (χ1v) is 6.27. The van der Waals surface area contributed by atoms with E-state index in [4.69, 9.17) is 5.11 Å². The molecule has 98 valence electrons. The topological polar surface area (TPSA) is 57.6 Å². The van der Waals surface area contributed by atoms with Crippen molar-refractivity contribution in [1.29, 1.82) is 0 Å². The molecule has 4 nitrogen and oxygen atoms in total. The van der Waals surface area contributed by atoms with Crippen LogP contribution in [0.1, 0.15) is 46.5 Å². The van der Waals surface area contributed by atoms with Gasteiger partial charge in [0.05, 0.1) is 0 Å². The molecular weight excluding hydrogens is 218 g/mol. The lowest BCUT2D eigenvalue weighted by Crippen LogP contribution is -2.31. The minimum Gasteiger partial charge on any atom is -0.481 e. The van der Waals surface area contributed by atoms with E-state index in [0.717, 1.165) is 19.5 Å². The number of amides is 1. The van der Waals surface area contributed by atoms with Crippen LogP contribution in [0.25, 0.3) is 0 Å². The van der Waals surface area contributed by atoms with Gasteiger partial charge in [-0.25, -0.2) is 0 Å². The van der Waals surface area contributed by atoms with Crippen molar-refractivity contribution < 1.29 is 14.7 Å². The quantitative estimate of drug-likeness (QED) is 0.820. The third kappa shape index (κ3) is 5.20. The predicted molar refractivity (Wildman–Crippen MR) is 65.6 cm³/mol. The van der Waals surface area contributed by atoms with Gasteiger partial charge < -0.3 is 10.0 Å². The maximum Gasteiger partial charge on any atom is 0.303 e. The predicted octanol–water partition coefficient (Wildman–Crippen LogP) is 2.14. The number of carbonyl (C=O) groups is 2. The Morgan fingerprint density at radius 1 is 1.35 bits per heavy atom. The van der Waals surface area contributed by atoms with Gasteiger partial charge in [-0.05, 0) is 24.2 Å². The fourth-order valence-corrected chi connectivity index (χ4v) is 2.19.